The standard InChI is InChI=1S/C13H20N6S/c1-4-12-18-10(9-20-12)7-15-13(14-2)16-8-11-5-6-17-19(11)3/h5-6,9H,4,7-8H2,1-3H3,(H2,14,15,16). The van der Waals surface area contributed by atoms with Crippen LogP contribution in [0.3, 0.4) is 0 Å². The van der Waals surface area contributed by atoms with Crippen LogP contribution >= 0.6 is 11.3 Å². The number of aryl methyl sites for hydroxylation is 2. The first-order valence-corrected chi connectivity index (χ1v) is 7.45. The topological polar surface area (TPSA) is 67.1 Å². The van der Waals surface area contributed by atoms with Gasteiger partial charge in [0, 0.05) is 25.7 Å². The molecule has 7 heteroatoms. The van der Waals surface area contributed by atoms with Crippen molar-refractivity contribution >= 4 is 17.3 Å². The predicted octanol–water partition coefficient (Wildman–Crippen LogP) is 1.30. The van der Waals surface area contributed by atoms with Crippen molar-refractivity contribution in [2.45, 2.75) is 26.4 Å². The molecule has 0 aliphatic rings. The average Bonchev–Trinajstić information content (AvgIpc) is 3.08. The molecule has 0 aliphatic carbocycles. The first-order chi connectivity index (χ1) is 9.72. The third-order valence-electron chi connectivity index (χ3n) is 2.92. The molecule has 0 radical (unpaired) electrons. The van der Waals surface area contributed by atoms with Crippen LogP contribution in [0.15, 0.2) is 22.6 Å². The minimum atomic E-state index is 0.682. The summed E-state index contributed by atoms with van der Waals surface area (Å²) >= 11 is 1.70. The van der Waals surface area contributed by atoms with Gasteiger partial charge in [-0.15, -0.1) is 11.3 Å². The van der Waals surface area contributed by atoms with Crippen LogP contribution in [-0.2, 0) is 26.6 Å². The molecule has 2 aromatic heterocycles. The normalized spacial score (nSPS) is 11.7. The Morgan fingerprint density at radius 2 is 2.20 bits per heavy atom. The van der Waals surface area contributed by atoms with Gasteiger partial charge in [0.2, 0.25) is 0 Å². The van der Waals surface area contributed by atoms with Gasteiger partial charge in [-0.3, -0.25) is 9.67 Å². The van der Waals surface area contributed by atoms with Gasteiger partial charge in [0.05, 0.1) is 29.5 Å². The summed E-state index contributed by atoms with van der Waals surface area (Å²) in [6, 6.07) is 1.98. The maximum Gasteiger partial charge on any atom is 0.191 e. The molecule has 2 N–H and O–H groups in total. The fraction of sp³-hybridized carbons (Fsp3) is 0.462. The van der Waals surface area contributed by atoms with Crippen LogP contribution in [0.4, 0.5) is 0 Å². The molecule has 0 bridgehead atoms. The molecule has 2 rings (SSSR count). The number of hydrogen-bond acceptors (Lipinski definition) is 4. The van der Waals surface area contributed by atoms with Gasteiger partial charge in [-0.1, -0.05) is 6.92 Å². The lowest BCUT2D eigenvalue weighted by Gasteiger charge is -2.11. The number of rotatable bonds is 5. The van der Waals surface area contributed by atoms with E-state index in [0.29, 0.717) is 13.1 Å². The number of thiazole rings is 1. The smallest absolute Gasteiger partial charge is 0.191 e. The van der Waals surface area contributed by atoms with Gasteiger partial charge in [0.15, 0.2) is 5.96 Å². The van der Waals surface area contributed by atoms with Gasteiger partial charge in [-0.05, 0) is 12.5 Å². The van der Waals surface area contributed by atoms with E-state index in [-0.39, 0.29) is 0 Å². The van der Waals surface area contributed by atoms with Crippen molar-refractivity contribution in [1.29, 1.82) is 0 Å². The molecule has 0 amide bonds. The molecule has 108 valence electrons. The first-order valence-electron chi connectivity index (χ1n) is 6.57. The van der Waals surface area contributed by atoms with Crippen molar-refractivity contribution in [1.82, 2.24) is 25.4 Å². The monoisotopic (exact) mass is 292 g/mol. The molecule has 0 aliphatic heterocycles. The van der Waals surface area contributed by atoms with Crippen molar-refractivity contribution < 1.29 is 0 Å². The quantitative estimate of drug-likeness (QED) is 0.644. The number of guanidine groups is 1. The van der Waals surface area contributed by atoms with Crippen LogP contribution in [0.1, 0.15) is 23.3 Å². The molecule has 6 nitrogen and oxygen atoms in total. The van der Waals surface area contributed by atoms with E-state index in [2.05, 4.69) is 38.0 Å². The van der Waals surface area contributed by atoms with Gasteiger partial charge in [0.25, 0.3) is 0 Å². The summed E-state index contributed by atoms with van der Waals surface area (Å²) < 4.78 is 1.84. The van der Waals surface area contributed by atoms with Crippen molar-refractivity contribution in [2.75, 3.05) is 7.05 Å². The number of nitrogens with one attached hydrogen (secondary N) is 2. The summed E-state index contributed by atoms with van der Waals surface area (Å²) in [4.78, 5) is 8.72. The Morgan fingerprint density at radius 3 is 2.80 bits per heavy atom. The van der Waals surface area contributed by atoms with Crippen LogP contribution in [-0.4, -0.2) is 27.8 Å². The third kappa shape index (κ3) is 3.80. The summed E-state index contributed by atoms with van der Waals surface area (Å²) in [5.41, 5.74) is 2.16. The van der Waals surface area contributed by atoms with E-state index in [1.165, 1.54) is 5.01 Å². The Balaban J connectivity index is 1.82. The minimum absolute atomic E-state index is 0.682. The number of aromatic nitrogens is 3. The maximum absolute atomic E-state index is 4.52. The zero-order chi connectivity index (χ0) is 14.4. The summed E-state index contributed by atoms with van der Waals surface area (Å²) in [5, 5.41) is 13.9. The lowest BCUT2D eigenvalue weighted by molar-refractivity contribution is 0.683. The van der Waals surface area contributed by atoms with Gasteiger partial charge >= 0.3 is 0 Å². The lowest BCUT2D eigenvalue weighted by atomic mass is 10.4. The Kier molecular flexibility index (Phi) is 5.11. The fourth-order valence-corrected chi connectivity index (χ4v) is 2.48. The van der Waals surface area contributed by atoms with Crippen LogP contribution in [0.25, 0.3) is 0 Å². The predicted molar refractivity (Wildman–Crippen MR) is 81.7 cm³/mol. The average molecular weight is 292 g/mol. The highest BCUT2D eigenvalue weighted by Gasteiger charge is 2.03. The molecule has 0 atom stereocenters. The van der Waals surface area contributed by atoms with E-state index >= 15 is 0 Å². The molecule has 0 saturated carbocycles. The number of aliphatic imine (C=N–C) groups is 1. The van der Waals surface area contributed by atoms with Gasteiger partial charge in [-0.25, -0.2) is 4.98 Å². The zero-order valence-electron chi connectivity index (χ0n) is 12.1. The molecular formula is C13H20N6S. The van der Waals surface area contributed by atoms with Crippen molar-refractivity contribution in [3.63, 3.8) is 0 Å². The largest absolute Gasteiger partial charge is 0.351 e. The fourth-order valence-electron chi connectivity index (χ4n) is 1.74. The Bertz CT molecular complexity index is 571. The minimum Gasteiger partial charge on any atom is -0.351 e. The van der Waals surface area contributed by atoms with Gasteiger partial charge in [-0.2, -0.15) is 5.10 Å². The summed E-state index contributed by atoms with van der Waals surface area (Å²) in [6.07, 6.45) is 2.77. The molecule has 2 heterocycles. The second-order valence-electron chi connectivity index (χ2n) is 4.31. The van der Waals surface area contributed by atoms with Crippen LogP contribution in [0, 0.1) is 0 Å². The van der Waals surface area contributed by atoms with E-state index in [1.807, 2.05) is 17.8 Å². The van der Waals surface area contributed by atoms with Crippen molar-refractivity contribution in [2.24, 2.45) is 12.0 Å². The molecular weight excluding hydrogens is 272 g/mol. The van der Waals surface area contributed by atoms with Crippen LogP contribution in [0.5, 0.6) is 0 Å². The Hall–Kier alpha value is -1.89. The van der Waals surface area contributed by atoms with E-state index in [4.69, 9.17) is 0 Å². The zero-order valence-corrected chi connectivity index (χ0v) is 12.9. The molecule has 20 heavy (non-hydrogen) atoms. The summed E-state index contributed by atoms with van der Waals surface area (Å²) in [6.45, 7) is 3.49. The van der Waals surface area contributed by atoms with E-state index in [1.54, 1.807) is 24.6 Å². The summed E-state index contributed by atoms with van der Waals surface area (Å²) in [7, 11) is 3.69. The highest BCUT2D eigenvalue weighted by molar-refractivity contribution is 7.09. The Morgan fingerprint density at radius 1 is 1.40 bits per heavy atom. The highest BCUT2D eigenvalue weighted by Crippen LogP contribution is 2.09. The molecule has 0 unspecified atom stereocenters. The number of hydrogen-bond donors (Lipinski definition) is 2. The van der Waals surface area contributed by atoms with Crippen LogP contribution in [0.2, 0.25) is 0 Å². The molecule has 0 saturated heterocycles. The Labute approximate surface area is 123 Å². The third-order valence-corrected chi connectivity index (χ3v) is 3.96. The van der Waals surface area contributed by atoms with Crippen molar-refractivity contribution in [3.05, 3.63) is 34.0 Å². The number of nitrogens with zero attached hydrogens (tertiary/aromatic N) is 4. The summed E-state index contributed by atoms with van der Waals surface area (Å²) in [5.74, 6) is 0.761. The second-order valence-corrected chi connectivity index (χ2v) is 5.25. The molecule has 2 aromatic rings. The van der Waals surface area contributed by atoms with Gasteiger partial charge < -0.3 is 10.6 Å². The molecule has 0 aromatic carbocycles. The molecule has 0 spiro atoms. The van der Waals surface area contributed by atoms with Crippen molar-refractivity contribution in [3.8, 4) is 0 Å². The highest BCUT2D eigenvalue weighted by atomic mass is 32.1. The maximum atomic E-state index is 4.52. The lowest BCUT2D eigenvalue weighted by Crippen LogP contribution is -2.36. The van der Waals surface area contributed by atoms with Gasteiger partial charge in [0.1, 0.15) is 0 Å². The van der Waals surface area contributed by atoms with E-state index in [9.17, 15) is 0 Å². The second kappa shape index (κ2) is 7.04. The molecule has 0 fully saturated rings. The van der Waals surface area contributed by atoms with E-state index < -0.39 is 0 Å². The SMILES string of the molecule is CCc1nc(CNC(=NC)NCc2ccnn2C)cs1. The first kappa shape index (κ1) is 14.5. The van der Waals surface area contributed by atoms with E-state index in [0.717, 1.165) is 23.8 Å². The van der Waals surface area contributed by atoms with Crippen LogP contribution < -0.4 is 10.6 Å².